The van der Waals surface area contributed by atoms with E-state index in [9.17, 15) is 31.9 Å². The second-order valence-corrected chi connectivity index (χ2v) is 5.36. The maximum absolute atomic E-state index is 13.7. The SMILES string of the molecule is O=C(COC(=O)[C@H]1CC(=O)N(c2ccccc2F)C1)NCC(F)(F)F. The van der Waals surface area contributed by atoms with Gasteiger partial charge in [0.2, 0.25) is 5.91 Å². The second kappa shape index (κ2) is 7.49. The van der Waals surface area contributed by atoms with Crippen molar-refractivity contribution in [1.29, 1.82) is 0 Å². The Morgan fingerprint density at radius 1 is 1.28 bits per heavy atom. The Balaban J connectivity index is 1.86. The van der Waals surface area contributed by atoms with Crippen molar-refractivity contribution in [2.45, 2.75) is 12.6 Å². The molecule has 136 valence electrons. The molecular weight excluding hydrogens is 348 g/mol. The highest BCUT2D eigenvalue weighted by Crippen LogP contribution is 2.27. The summed E-state index contributed by atoms with van der Waals surface area (Å²) >= 11 is 0. The van der Waals surface area contributed by atoms with Crippen LogP contribution in [-0.2, 0) is 19.1 Å². The summed E-state index contributed by atoms with van der Waals surface area (Å²) in [6, 6.07) is 5.53. The van der Waals surface area contributed by atoms with E-state index in [2.05, 4.69) is 4.74 Å². The minimum atomic E-state index is -4.57. The number of carbonyl (C=O) groups is 3. The summed E-state index contributed by atoms with van der Waals surface area (Å²) in [4.78, 5) is 36.1. The van der Waals surface area contributed by atoms with E-state index in [1.807, 2.05) is 0 Å². The van der Waals surface area contributed by atoms with Crippen LogP contribution in [0.3, 0.4) is 0 Å². The Morgan fingerprint density at radius 2 is 1.96 bits per heavy atom. The molecule has 1 aromatic rings. The number of halogens is 4. The van der Waals surface area contributed by atoms with Crippen molar-refractivity contribution in [3.8, 4) is 0 Å². The third-order valence-electron chi connectivity index (χ3n) is 3.43. The lowest BCUT2D eigenvalue weighted by Crippen LogP contribution is -2.37. The molecule has 0 spiro atoms. The van der Waals surface area contributed by atoms with Crippen LogP contribution in [0.1, 0.15) is 6.42 Å². The fourth-order valence-electron chi connectivity index (χ4n) is 2.27. The number of ether oxygens (including phenoxy) is 1. The zero-order valence-corrected chi connectivity index (χ0v) is 12.8. The molecule has 1 fully saturated rings. The fraction of sp³-hybridized carbons (Fsp3) is 0.400. The van der Waals surface area contributed by atoms with E-state index >= 15 is 0 Å². The van der Waals surface area contributed by atoms with Crippen LogP contribution < -0.4 is 10.2 Å². The largest absolute Gasteiger partial charge is 0.455 e. The Hall–Kier alpha value is -2.65. The standard InChI is InChI=1S/C15H14F4N2O4/c16-10-3-1-2-4-11(10)21-6-9(5-13(21)23)14(24)25-7-12(22)20-8-15(17,18)19/h1-4,9H,5-8H2,(H,20,22)/t9-/m0/s1. The number of benzene rings is 1. The van der Waals surface area contributed by atoms with Gasteiger partial charge in [-0.1, -0.05) is 12.1 Å². The number of anilines is 1. The average molecular weight is 362 g/mol. The first kappa shape index (κ1) is 18.7. The lowest BCUT2D eigenvalue weighted by Gasteiger charge is -2.17. The first-order valence-corrected chi connectivity index (χ1v) is 7.22. The number of para-hydroxylation sites is 1. The predicted octanol–water partition coefficient (Wildman–Crippen LogP) is 1.40. The third-order valence-corrected chi connectivity index (χ3v) is 3.43. The topological polar surface area (TPSA) is 75.7 Å². The fourth-order valence-corrected chi connectivity index (χ4v) is 2.27. The summed E-state index contributed by atoms with van der Waals surface area (Å²) in [5.41, 5.74) is 0.0192. The first-order valence-electron chi connectivity index (χ1n) is 7.22. The lowest BCUT2D eigenvalue weighted by molar-refractivity contribution is -0.154. The molecular formula is C15H14F4N2O4. The summed E-state index contributed by atoms with van der Waals surface area (Å²) in [6.45, 7) is -2.56. The molecule has 1 aromatic carbocycles. The zero-order chi connectivity index (χ0) is 18.6. The van der Waals surface area contributed by atoms with Gasteiger partial charge in [0, 0.05) is 13.0 Å². The van der Waals surface area contributed by atoms with E-state index in [0.29, 0.717) is 0 Å². The quantitative estimate of drug-likeness (QED) is 0.635. The van der Waals surface area contributed by atoms with Crippen molar-refractivity contribution < 1.29 is 36.7 Å². The lowest BCUT2D eigenvalue weighted by atomic mass is 10.1. The molecule has 0 bridgehead atoms. The van der Waals surface area contributed by atoms with E-state index < -0.39 is 48.8 Å². The van der Waals surface area contributed by atoms with Gasteiger partial charge < -0.3 is 15.0 Å². The van der Waals surface area contributed by atoms with Crippen LogP contribution in [0.4, 0.5) is 23.2 Å². The second-order valence-electron chi connectivity index (χ2n) is 5.36. The van der Waals surface area contributed by atoms with E-state index in [4.69, 9.17) is 0 Å². The molecule has 0 unspecified atom stereocenters. The van der Waals surface area contributed by atoms with Crippen molar-refractivity contribution in [2.24, 2.45) is 5.92 Å². The first-order chi connectivity index (χ1) is 11.7. The number of amides is 2. The Labute approximate surface area is 139 Å². The molecule has 1 saturated heterocycles. The van der Waals surface area contributed by atoms with Gasteiger partial charge in [0.1, 0.15) is 12.4 Å². The predicted molar refractivity (Wildman–Crippen MR) is 76.9 cm³/mol. The average Bonchev–Trinajstić information content (AvgIpc) is 2.92. The maximum Gasteiger partial charge on any atom is 0.405 e. The molecule has 1 aliphatic heterocycles. The molecule has 1 aliphatic rings. The summed E-state index contributed by atoms with van der Waals surface area (Å²) in [6.07, 6.45) is -4.81. The number of esters is 1. The number of alkyl halides is 3. The van der Waals surface area contributed by atoms with Crippen LogP contribution in [0, 0.1) is 11.7 Å². The van der Waals surface area contributed by atoms with Gasteiger partial charge in [0.05, 0.1) is 11.6 Å². The van der Waals surface area contributed by atoms with E-state index in [0.717, 1.165) is 4.90 Å². The molecule has 1 heterocycles. The Bertz CT molecular complexity index is 678. The van der Waals surface area contributed by atoms with Gasteiger partial charge in [-0.3, -0.25) is 14.4 Å². The summed E-state index contributed by atoms with van der Waals surface area (Å²) < 4.78 is 54.2. The van der Waals surface area contributed by atoms with Gasteiger partial charge in [-0.2, -0.15) is 13.2 Å². The minimum absolute atomic E-state index is 0.0192. The van der Waals surface area contributed by atoms with Gasteiger partial charge >= 0.3 is 12.1 Å². The van der Waals surface area contributed by atoms with Gasteiger partial charge in [-0.15, -0.1) is 0 Å². The monoisotopic (exact) mass is 362 g/mol. The molecule has 2 amide bonds. The van der Waals surface area contributed by atoms with Gasteiger partial charge in [-0.05, 0) is 12.1 Å². The molecule has 1 N–H and O–H groups in total. The molecule has 0 aromatic heterocycles. The van der Waals surface area contributed by atoms with E-state index in [1.54, 1.807) is 5.32 Å². The van der Waals surface area contributed by atoms with Crippen LogP contribution in [0.15, 0.2) is 24.3 Å². The molecule has 10 heteroatoms. The van der Waals surface area contributed by atoms with Crippen LogP contribution in [0.2, 0.25) is 0 Å². The molecule has 1 atom stereocenters. The summed E-state index contributed by atoms with van der Waals surface area (Å²) in [7, 11) is 0. The van der Waals surface area contributed by atoms with Crippen molar-refractivity contribution in [3.63, 3.8) is 0 Å². The number of rotatable bonds is 5. The molecule has 0 radical (unpaired) electrons. The highest BCUT2D eigenvalue weighted by atomic mass is 19.4. The van der Waals surface area contributed by atoms with Crippen LogP contribution >= 0.6 is 0 Å². The van der Waals surface area contributed by atoms with Crippen LogP contribution in [0.25, 0.3) is 0 Å². The molecule has 25 heavy (non-hydrogen) atoms. The smallest absolute Gasteiger partial charge is 0.405 e. The van der Waals surface area contributed by atoms with Crippen molar-refractivity contribution in [2.75, 3.05) is 24.6 Å². The van der Waals surface area contributed by atoms with E-state index in [-0.39, 0.29) is 18.7 Å². The van der Waals surface area contributed by atoms with Gasteiger partial charge in [0.25, 0.3) is 5.91 Å². The third kappa shape index (κ3) is 5.16. The highest BCUT2D eigenvalue weighted by molar-refractivity contribution is 5.99. The number of carbonyl (C=O) groups excluding carboxylic acids is 3. The Morgan fingerprint density at radius 3 is 2.60 bits per heavy atom. The van der Waals surface area contributed by atoms with Crippen molar-refractivity contribution in [1.82, 2.24) is 5.32 Å². The Kier molecular flexibility index (Phi) is 5.60. The molecule has 0 saturated carbocycles. The summed E-state index contributed by atoms with van der Waals surface area (Å²) in [5.74, 6) is -4.07. The normalized spacial score (nSPS) is 17.5. The number of hydrogen-bond donors (Lipinski definition) is 1. The minimum Gasteiger partial charge on any atom is -0.455 e. The van der Waals surface area contributed by atoms with Gasteiger partial charge in [0.15, 0.2) is 6.61 Å². The summed E-state index contributed by atoms with van der Waals surface area (Å²) in [5, 5.41) is 1.55. The van der Waals surface area contributed by atoms with Crippen LogP contribution in [-0.4, -0.2) is 43.7 Å². The number of hydrogen-bond acceptors (Lipinski definition) is 4. The van der Waals surface area contributed by atoms with Crippen molar-refractivity contribution in [3.05, 3.63) is 30.1 Å². The highest BCUT2D eigenvalue weighted by Gasteiger charge is 2.37. The van der Waals surface area contributed by atoms with E-state index in [1.165, 1.54) is 24.3 Å². The van der Waals surface area contributed by atoms with Gasteiger partial charge in [-0.25, -0.2) is 4.39 Å². The zero-order valence-electron chi connectivity index (χ0n) is 12.8. The maximum atomic E-state index is 13.7. The molecule has 0 aliphatic carbocycles. The number of nitrogens with zero attached hydrogens (tertiary/aromatic N) is 1. The number of nitrogens with one attached hydrogen (secondary N) is 1. The van der Waals surface area contributed by atoms with Crippen molar-refractivity contribution >= 4 is 23.5 Å². The molecule has 2 rings (SSSR count). The van der Waals surface area contributed by atoms with Crippen LogP contribution in [0.5, 0.6) is 0 Å². The molecule has 6 nitrogen and oxygen atoms in total.